The molecule has 7 nitrogen and oxygen atoms in total. The lowest BCUT2D eigenvalue weighted by atomic mass is 10.2. The Labute approximate surface area is 179 Å². The van der Waals surface area contributed by atoms with Crippen molar-refractivity contribution in [3.63, 3.8) is 0 Å². The molecule has 0 atom stereocenters. The number of para-hydroxylation sites is 4. The maximum absolute atomic E-state index is 9.54. The number of hydrogen-bond donors (Lipinski definition) is 3. The summed E-state index contributed by atoms with van der Waals surface area (Å²) in [4.78, 5) is 16.2. The second-order valence-corrected chi connectivity index (χ2v) is 6.41. The summed E-state index contributed by atoms with van der Waals surface area (Å²) in [6.45, 7) is 1.05. The molecule has 4 rings (SSSR count). The standard InChI is InChI=1S/C16H16N2O2.C8H6N2O/c19-15-7-3-1-5-13(15)11-17-9-10-18-12-14-6-2-4-8-16(14)20;11-8-5-9-6-3-1-2-4-7(6)10-8/h1-8,11-12,19-20H,9-10H2;1-5H,(H,10,11)/b17-11+,18-12+;. The van der Waals surface area contributed by atoms with Crippen LogP contribution >= 0.6 is 0 Å². The third-order valence-electron chi connectivity index (χ3n) is 4.13. The predicted molar refractivity (Wildman–Crippen MR) is 122 cm³/mol. The molecule has 0 unspecified atom stereocenters. The molecule has 1 aromatic heterocycles. The van der Waals surface area contributed by atoms with Crippen LogP contribution in [0.4, 0.5) is 0 Å². The summed E-state index contributed by atoms with van der Waals surface area (Å²) >= 11 is 0. The lowest BCUT2D eigenvalue weighted by molar-refractivity contribution is 0.453. The smallest absolute Gasteiger partial charge is 0.230 e. The van der Waals surface area contributed by atoms with Crippen LogP contribution in [0.5, 0.6) is 17.4 Å². The van der Waals surface area contributed by atoms with Gasteiger partial charge in [0.05, 0.1) is 30.3 Å². The highest BCUT2D eigenvalue weighted by atomic mass is 16.3. The first-order valence-corrected chi connectivity index (χ1v) is 9.60. The van der Waals surface area contributed by atoms with Gasteiger partial charge in [-0.05, 0) is 36.4 Å². The Morgan fingerprint density at radius 1 is 0.645 bits per heavy atom. The number of hydrogen-bond acceptors (Lipinski definition) is 7. The largest absolute Gasteiger partial charge is 0.507 e. The molecule has 0 amide bonds. The van der Waals surface area contributed by atoms with Gasteiger partial charge in [0.1, 0.15) is 11.5 Å². The summed E-state index contributed by atoms with van der Waals surface area (Å²) in [6, 6.07) is 21.5. The first-order chi connectivity index (χ1) is 15.1. The molecular formula is C24H22N4O3. The average molecular weight is 414 g/mol. The Hall–Kier alpha value is -4.26. The van der Waals surface area contributed by atoms with Crippen molar-refractivity contribution >= 4 is 23.5 Å². The fraction of sp³-hybridized carbons (Fsp3) is 0.0833. The van der Waals surface area contributed by atoms with Crippen LogP contribution in [-0.4, -0.2) is 50.8 Å². The number of phenolic OH excluding ortho intramolecular Hbond substituents is 2. The molecular weight excluding hydrogens is 392 g/mol. The van der Waals surface area contributed by atoms with Gasteiger partial charge < -0.3 is 15.3 Å². The van der Waals surface area contributed by atoms with E-state index in [9.17, 15) is 10.2 Å². The van der Waals surface area contributed by atoms with Crippen molar-refractivity contribution in [2.45, 2.75) is 0 Å². The Morgan fingerprint density at radius 3 is 1.68 bits per heavy atom. The molecule has 156 valence electrons. The molecule has 0 aliphatic carbocycles. The van der Waals surface area contributed by atoms with Gasteiger partial charge in [-0.3, -0.25) is 9.98 Å². The van der Waals surface area contributed by atoms with E-state index in [0.717, 1.165) is 5.52 Å². The minimum Gasteiger partial charge on any atom is -0.507 e. The van der Waals surface area contributed by atoms with E-state index in [2.05, 4.69) is 20.0 Å². The number of phenols is 2. The summed E-state index contributed by atoms with van der Waals surface area (Å²) in [5.74, 6) is 0.395. The zero-order valence-electron chi connectivity index (χ0n) is 16.7. The molecule has 31 heavy (non-hydrogen) atoms. The highest BCUT2D eigenvalue weighted by Crippen LogP contribution is 2.14. The van der Waals surface area contributed by atoms with E-state index in [1.807, 2.05) is 36.4 Å². The third kappa shape index (κ3) is 6.64. The van der Waals surface area contributed by atoms with Crippen molar-refractivity contribution in [1.29, 1.82) is 0 Å². The van der Waals surface area contributed by atoms with E-state index in [-0.39, 0.29) is 17.4 Å². The number of fused-ring (bicyclic) bond motifs is 1. The van der Waals surface area contributed by atoms with Crippen molar-refractivity contribution in [2.75, 3.05) is 13.1 Å². The summed E-state index contributed by atoms with van der Waals surface area (Å²) in [5, 5.41) is 28.0. The lowest BCUT2D eigenvalue weighted by Gasteiger charge is -1.97. The summed E-state index contributed by atoms with van der Waals surface area (Å²) in [7, 11) is 0. The van der Waals surface area contributed by atoms with Crippen molar-refractivity contribution < 1.29 is 15.3 Å². The molecule has 3 N–H and O–H groups in total. The fourth-order valence-electron chi connectivity index (χ4n) is 2.58. The molecule has 4 aromatic rings. The molecule has 7 heteroatoms. The Balaban J connectivity index is 0.000000207. The summed E-state index contributed by atoms with van der Waals surface area (Å²) in [5.41, 5.74) is 2.90. The van der Waals surface area contributed by atoms with Crippen molar-refractivity contribution in [3.8, 4) is 17.4 Å². The van der Waals surface area contributed by atoms with Gasteiger partial charge in [-0.1, -0.05) is 36.4 Å². The highest BCUT2D eigenvalue weighted by Gasteiger charge is 1.96. The topological polar surface area (TPSA) is 111 Å². The molecule has 0 bridgehead atoms. The molecule has 0 saturated carbocycles. The van der Waals surface area contributed by atoms with Crippen LogP contribution in [0.15, 0.2) is 89.0 Å². The van der Waals surface area contributed by atoms with Gasteiger partial charge >= 0.3 is 0 Å². The van der Waals surface area contributed by atoms with Crippen molar-refractivity contribution in [1.82, 2.24) is 9.97 Å². The second kappa shape index (κ2) is 11.1. The van der Waals surface area contributed by atoms with Gasteiger partial charge in [0.15, 0.2) is 0 Å². The first-order valence-electron chi connectivity index (χ1n) is 9.60. The van der Waals surface area contributed by atoms with Crippen LogP contribution < -0.4 is 0 Å². The van der Waals surface area contributed by atoms with Crippen LogP contribution in [0, 0.1) is 0 Å². The lowest BCUT2D eigenvalue weighted by Crippen LogP contribution is -1.91. The van der Waals surface area contributed by atoms with E-state index in [1.54, 1.807) is 48.8 Å². The van der Waals surface area contributed by atoms with Crippen LogP contribution in [0.2, 0.25) is 0 Å². The Bertz CT molecular complexity index is 1140. The summed E-state index contributed by atoms with van der Waals surface area (Å²) < 4.78 is 0. The number of nitrogens with zero attached hydrogens (tertiary/aromatic N) is 4. The Morgan fingerprint density at radius 2 is 1.13 bits per heavy atom. The van der Waals surface area contributed by atoms with E-state index in [1.165, 1.54) is 6.20 Å². The number of aliphatic imine (C=N–C) groups is 2. The van der Waals surface area contributed by atoms with E-state index in [0.29, 0.717) is 29.7 Å². The van der Waals surface area contributed by atoms with Crippen LogP contribution in [-0.2, 0) is 0 Å². The van der Waals surface area contributed by atoms with E-state index < -0.39 is 0 Å². The fourth-order valence-corrected chi connectivity index (χ4v) is 2.58. The molecule has 0 aliphatic heterocycles. The van der Waals surface area contributed by atoms with Gasteiger partial charge in [0.25, 0.3) is 0 Å². The molecule has 0 fully saturated rings. The van der Waals surface area contributed by atoms with Gasteiger partial charge in [-0.2, -0.15) is 0 Å². The Kier molecular flexibility index (Phi) is 7.65. The number of aromatic nitrogens is 2. The third-order valence-corrected chi connectivity index (χ3v) is 4.13. The summed E-state index contributed by atoms with van der Waals surface area (Å²) in [6.07, 6.45) is 4.60. The number of rotatable bonds is 5. The van der Waals surface area contributed by atoms with Crippen molar-refractivity contribution in [2.24, 2.45) is 9.98 Å². The SMILES string of the molecule is Oc1ccccc1/C=N/CC/N=C/c1ccccc1O.Oc1cnc2ccccc2n1. The maximum atomic E-state index is 9.54. The second-order valence-electron chi connectivity index (χ2n) is 6.41. The molecule has 0 saturated heterocycles. The van der Waals surface area contributed by atoms with Crippen LogP contribution in [0.25, 0.3) is 11.0 Å². The molecule has 1 heterocycles. The monoisotopic (exact) mass is 414 g/mol. The molecule has 0 radical (unpaired) electrons. The van der Waals surface area contributed by atoms with Gasteiger partial charge in [0, 0.05) is 23.6 Å². The zero-order chi connectivity index (χ0) is 21.9. The van der Waals surface area contributed by atoms with Crippen LogP contribution in [0.1, 0.15) is 11.1 Å². The minimum atomic E-state index is -0.0382. The first kappa shape index (κ1) is 21.4. The van der Waals surface area contributed by atoms with Gasteiger partial charge in [-0.25, -0.2) is 9.97 Å². The quantitative estimate of drug-likeness (QED) is 0.338. The molecule has 3 aromatic carbocycles. The van der Waals surface area contributed by atoms with E-state index >= 15 is 0 Å². The predicted octanol–water partition coefficient (Wildman–Crippen LogP) is 3.97. The van der Waals surface area contributed by atoms with Crippen molar-refractivity contribution in [3.05, 3.63) is 90.1 Å². The highest BCUT2D eigenvalue weighted by molar-refractivity contribution is 5.84. The van der Waals surface area contributed by atoms with E-state index in [4.69, 9.17) is 5.11 Å². The molecule has 0 aliphatic rings. The molecule has 0 spiro atoms. The van der Waals surface area contributed by atoms with Crippen LogP contribution in [0.3, 0.4) is 0 Å². The maximum Gasteiger partial charge on any atom is 0.230 e. The average Bonchev–Trinajstić information content (AvgIpc) is 2.79. The zero-order valence-corrected chi connectivity index (χ0v) is 16.7. The number of benzene rings is 3. The van der Waals surface area contributed by atoms with Gasteiger partial charge in [-0.15, -0.1) is 0 Å². The number of aromatic hydroxyl groups is 3. The minimum absolute atomic E-state index is 0.0382. The van der Waals surface area contributed by atoms with Gasteiger partial charge in [0.2, 0.25) is 5.88 Å². The normalized spacial score (nSPS) is 11.0.